The molecule has 0 aliphatic carbocycles. The predicted octanol–water partition coefficient (Wildman–Crippen LogP) is 2.79. The molecule has 1 aromatic carbocycles. The van der Waals surface area contributed by atoms with Crippen LogP contribution in [0.4, 0.5) is 0 Å². The summed E-state index contributed by atoms with van der Waals surface area (Å²) < 4.78 is 0. The van der Waals surface area contributed by atoms with Gasteiger partial charge in [0.05, 0.1) is 5.41 Å². The third-order valence-electron chi connectivity index (χ3n) is 3.11. The first-order valence-corrected chi connectivity index (χ1v) is 5.87. The van der Waals surface area contributed by atoms with Crippen molar-refractivity contribution in [1.29, 1.82) is 0 Å². The molecule has 0 saturated carbocycles. The Hall–Kier alpha value is -1.31. The molecule has 0 fully saturated rings. The van der Waals surface area contributed by atoms with Gasteiger partial charge in [0.25, 0.3) is 0 Å². The molecule has 0 saturated heterocycles. The zero-order valence-electron chi connectivity index (χ0n) is 10.4. The summed E-state index contributed by atoms with van der Waals surface area (Å²) in [6, 6.07) is 8.21. The van der Waals surface area contributed by atoms with Gasteiger partial charge >= 0.3 is 0 Å². The van der Waals surface area contributed by atoms with Crippen LogP contribution >= 0.6 is 0 Å². The number of unbranched alkanes of at least 4 members (excludes halogenated alkanes) is 1. The zero-order valence-corrected chi connectivity index (χ0v) is 10.4. The fourth-order valence-electron chi connectivity index (χ4n) is 1.61. The number of carbonyl (C=O) groups excluding carboxylic acids is 1. The molecule has 2 heteroatoms. The Labute approximate surface area is 97.9 Å². The predicted molar refractivity (Wildman–Crippen MR) is 67.3 cm³/mol. The van der Waals surface area contributed by atoms with Gasteiger partial charge in [0.15, 0.2) is 0 Å². The Bertz CT molecular complexity index is 352. The van der Waals surface area contributed by atoms with Crippen LogP contribution in [0.15, 0.2) is 24.3 Å². The lowest BCUT2D eigenvalue weighted by Gasteiger charge is -2.21. The fraction of sp³-hybridized carbons (Fsp3) is 0.500. The first kappa shape index (κ1) is 12.8. The van der Waals surface area contributed by atoms with E-state index in [-0.39, 0.29) is 5.91 Å². The number of aryl methyl sites for hydroxylation is 1. The average Bonchev–Trinajstić information content (AvgIpc) is 2.26. The first-order chi connectivity index (χ1) is 7.48. The Morgan fingerprint density at radius 2 is 1.81 bits per heavy atom. The quantitative estimate of drug-likeness (QED) is 0.813. The second-order valence-corrected chi connectivity index (χ2v) is 4.79. The van der Waals surface area contributed by atoms with Gasteiger partial charge in [0.1, 0.15) is 0 Å². The second kappa shape index (κ2) is 5.15. The largest absolute Gasteiger partial charge is 0.369 e. The SMILES string of the molecule is CCCCc1ccc(C(C)(C)C(N)=O)cc1. The lowest BCUT2D eigenvalue weighted by Crippen LogP contribution is -2.35. The maximum absolute atomic E-state index is 11.3. The van der Waals surface area contributed by atoms with Crippen LogP contribution in [-0.2, 0) is 16.6 Å². The topological polar surface area (TPSA) is 43.1 Å². The first-order valence-electron chi connectivity index (χ1n) is 5.87. The number of amides is 1. The van der Waals surface area contributed by atoms with Crippen LogP contribution in [0.25, 0.3) is 0 Å². The fourth-order valence-corrected chi connectivity index (χ4v) is 1.61. The van der Waals surface area contributed by atoms with Crippen LogP contribution in [0.2, 0.25) is 0 Å². The van der Waals surface area contributed by atoms with Crippen LogP contribution in [-0.4, -0.2) is 5.91 Å². The van der Waals surface area contributed by atoms with Crippen molar-refractivity contribution in [3.05, 3.63) is 35.4 Å². The molecule has 1 amide bonds. The minimum absolute atomic E-state index is 0.284. The lowest BCUT2D eigenvalue weighted by atomic mass is 9.83. The zero-order chi connectivity index (χ0) is 12.2. The monoisotopic (exact) mass is 219 g/mol. The van der Waals surface area contributed by atoms with E-state index in [1.807, 2.05) is 26.0 Å². The molecule has 0 aromatic heterocycles. The second-order valence-electron chi connectivity index (χ2n) is 4.79. The summed E-state index contributed by atoms with van der Waals surface area (Å²) in [5, 5.41) is 0. The van der Waals surface area contributed by atoms with E-state index >= 15 is 0 Å². The summed E-state index contributed by atoms with van der Waals surface area (Å²) in [6.07, 6.45) is 3.51. The Balaban J connectivity index is 2.82. The molecular formula is C14H21NO. The van der Waals surface area contributed by atoms with E-state index in [1.165, 1.54) is 18.4 Å². The number of rotatable bonds is 5. The van der Waals surface area contributed by atoms with Crippen LogP contribution in [0, 0.1) is 0 Å². The molecule has 0 heterocycles. The van der Waals surface area contributed by atoms with Gasteiger partial charge in [-0.05, 0) is 37.8 Å². The van der Waals surface area contributed by atoms with Gasteiger partial charge in [-0.25, -0.2) is 0 Å². The highest BCUT2D eigenvalue weighted by Crippen LogP contribution is 2.23. The minimum atomic E-state index is -0.580. The number of benzene rings is 1. The van der Waals surface area contributed by atoms with Gasteiger partial charge in [0.2, 0.25) is 5.91 Å². The number of hydrogen-bond donors (Lipinski definition) is 1. The van der Waals surface area contributed by atoms with E-state index in [0.717, 1.165) is 12.0 Å². The molecule has 0 aliphatic rings. The average molecular weight is 219 g/mol. The van der Waals surface area contributed by atoms with E-state index in [9.17, 15) is 4.79 Å². The molecule has 88 valence electrons. The molecule has 0 radical (unpaired) electrons. The molecular weight excluding hydrogens is 198 g/mol. The van der Waals surface area contributed by atoms with Crippen molar-refractivity contribution in [2.24, 2.45) is 5.73 Å². The van der Waals surface area contributed by atoms with Gasteiger partial charge in [-0.15, -0.1) is 0 Å². The summed E-state index contributed by atoms with van der Waals surface area (Å²) in [5.74, 6) is -0.284. The highest BCUT2D eigenvalue weighted by molar-refractivity contribution is 5.85. The standard InChI is InChI=1S/C14H21NO/c1-4-5-6-11-7-9-12(10-8-11)14(2,3)13(15)16/h7-10H,4-6H2,1-3H3,(H2,15,16). The third-order valence-corrected chi connectivity index (χ3v) is 3.11. The molecule has 0 bridgehead atoms. The highest BCUT2D eigenvalue weighted by Gasteiger charge is 2.26. The molecule has 1 aromatic rings. The van der Waals surface area contributed by atoms with Gasteiger partial charge in [-0.1, -0.05) is 37.6 Å². The smallest absolute Gasteiger partial charge is 0.227 e. The number of primary amides is 1. The van der Waals surface area contributed by atoms with Crippen LogP contribution in [0.3, 0.4) is 0 Å². The summed E-state index contributed by atoms with van der Waals surface area (Å²) >= 11 is 0. The summed E-state index contributed by atoms with van der Waals surface area (Å²) in [4.78, 5) is 11.3. The van der Waals surface area contributed by atoms with Crippen molar-refractivity contribution in [2.75, 3.05) is 0 Å². The molecule has 0 aliphatic heterocycles. The summed E-state index contributed by atoms with van der Waals surface area (Å²) in [5.41, 5.74) is 7.11. The molecule has 2 N–H and O–H groups in total. The van der Waals surface area contributed by atoms with Gasteiger partial charge in [-0.3, -0.25) is 4.79 Å². The van der Waals surface area contributed by atoms with E-state index < -0.39 is 5.41 Å². The molecule has 1 rings (SSSR count). The van der Waals surface area contributed by atoms with Crippen molar-refractivity contribution >= 4 is 5.91 Å². The maximum atomic E-state index is 11.3. The van der Waals surface area contributed by atoms with Crippen molar-refractivity contribution in [2.45, 2.75) is 45.4 Å². The Morgan fingerprint density at radius 1 is 1.25 bits per heavy atom. The van der Waals surface area contributed by atoms with Crippen molar-refractivity contribution in [3.8, 4) is 0 Å². The van der Waals surface area contributed by atoms with E-state index in [4.69, 9.17) is 5.73 Å². The van der Waals surface area contributed by atoms with Gasteiger partial charge in [0, 0.05) is 0 Å². The number of hydrogen-bond acceptors (Lipinski definition) is 1. The summed E-state index contributed by atoms with van der Waals surface area (Å²) in [7, 11) is 0. The Kier molecular flexibility index (Phi) is 4.11. The molecule has 16 heavy (non-hydrogen) atoms. The van der Waals surface area contributed by atoms with E-state index in [1.54, 1.807) is 0 Å². The minimum Gasteiger partial charge on any atom is -0.369 e. The molecule has 2 nitrogen and oxygen atoms in total. The van der Waals surface area contributed by atoms with Crippen LogP contribution in [0.1, 0.15) is 44.7 Å². The van der Waals surface area contributed by atoms with Crippen molar-refractivity contribution in [1.82, 2.24) is 0 Å². The van der Waals surface area contributed by atoms with Crippen molar-refractivity contribution < 1.29 is 4.79 Å². The van der Waals surface area contributed by atoms with Crippen LogP contribution < -0.4 is 5.73 Å². The normalized spacial score (nSPS) is 11.4. The third kappa shape index (κ3) is 2.84. The van der Waals surface area contributed by atoms with Gasteiger partial charge in [-0.2, -0.15) is 0 Å². The highest BCUT2D eigenvalue weighted by atomic mass is 16.1. The molecule has 0 spiro atoms. The van der Waals surface area contributed by atoms with E-state index in [0.29, 0.717) is 0 Å². The van der Waals surface area contributed by atoms with Crippen molar-refractivity contribution in [3.63, 3.8) is 0 Å². The lowest BCUT2D eigenvalue weighted by molar-refractivity contribution is -0.122. The molecule has 0 atom stereocenters. The van der Waals surface area contributed by atoms with Gasteiger partial charge < -0.3 is 5.73 Å². The van der Waals surface area contributed by atoms with E-state index in [2.05, 4.69) is 19.1 Å². The maximum Gasteiger partial charge on any atom is 0.227 e. The number of carbonyl (C=O) groups is 1. The molecule has 0 unspecified atom stereocenters. The summed E-state index contributed by atoms with van der Waals surface area (Å²) in [6.45, 7) is 5.90. The number of nitrogens with two attached hydrogens (primary N) is 1. The Morgan fingerprint density at radius 3 is 2.25 bits per heavy atom. The van der Waals surface area contributed by atoms with Crippen LogP contribution in [0.5, 0.6) is 0 Å².